The van der Waals surface area contributed by atoms with E-state index < -0.39 is 10.5 Å². The van der Waals surface area contributed by atoms with Crippen LogP contribution in [0.5, 0.6) is 0 Å². The third-order valence-corrected chi connectivity index (χ3v) is 4.61. The van der Waals surface area contributed by atoms with Gasteiger partial charge in [0.15, 0.2) is 5.82 Å². The first-order valence-corrected chi connectivity index (χ1v) is 8.89. The average molecular weight is 370 g/mol. The van der Waals surface area contributed by atoms with E-state index in [2.05, 4.69) is 15.3 Å². The van der Waals surface area contributed by atoms with Crippen LogP contribution in [0.1, 0.15) is 18.2 Å². The number of nitrogens with one attached hydrogen (secondary N) is 1. The number of hydrogen-bond acceptors (Lipinski definition) is 7. The minimum Gasteiger partial charge on any atom is -0.384 e. The summed E-state index contributed by atoms with van der Waals surface area (Å²) in [5, 5.41) is 28.5. The second-order valence-electron chi connectivity index (χ2n) is 6.17. The average Bonchev–Trinajstić information content (AvgIpc) is 3.15. The van der Waals surface area contributed by atoms with Gasteiger partial charge in [-0.05, 0) is 36.2 Å². The third kappa shape index (κ3) is 4.04. The van der Waals surface area contributed by atoms with E-state index in [9.17, 15) is 15.2 Å². The molecule has 0 aliphatic carbocycles. The van der Waals surface area contributed by atoms with Gasteiger partial charge in [0.25, 0.3) is 5.69 Å². The van der Waals surface area contributed by atoms with Gasteiger partial charge in [-0.3, -0.25) is 10.1 Å². The molecule has 7 nitrogen and oxygen atoms in total. The first-order valence-electron chi connectivity index (χ1n) is 7.94. The quantitative estimate of drug-likeness (QED) is 0.506. The van der Waals surface area contributed by atoms with Crippen molar-refractivity contribution in [2.45, 2.75) is 19.4 Å². The molecule has 2 N–H and O–H groups in total. The lowest BCUT2D eigenvalue weighted by Crippen LogP contribution is -2.30. The summed E-state index contributed by atoms with van der Waals surface area (Å²) in [5.74, 6) is 0.945. The second kappa shape index (κ2) is 7.19. The maximum Gasteiger partial charge on any atom is 0.270 e. The Balaban J connectivity index is 1.84. The van der Waals surface area contributed by atoms with Crippen molar-refractivity contribution in [1.82, 2.24) is 9.97 Å². The fraction of sp³-hybridized carbons (Fsp3) is 0.222. The molecule has 8 heteroatoms. The second-order valence-corrected chi connectivity index (χ2v) is 6.95. The Morgan fingerprint density at radius 1 is 1.31 bits per heavy atom. The van der Waals surface area contributed by atoms with E-state index in [0.29, 0.717) is 17.2 Å². The van der Waals surface area contributed by atoms with Crippen molar-refractivity contribution in [3.63, 3.8) is 0 Å². The van der Waals surface area contributed by atoms with Gasteiger partial charge in [0.2, 0.25) is 0 Å². The van der Waals surface area contributed by atoms with E-state index in [4.69, 9.17) is 0 Å². The molecule has 3 rings (SSSR count). The maximum atomic E-state index is 11.0. The Morgan fingerprint density at radius 2 is 2.12 bits per heavy atom. The van der Waals surface area contributed by atoms with Crippen LogP contribution in [0.15, 0.2) is 47.2 Å². The van der Waals surface area contributed by atoms with E-state index in [1.807, 2.05) is 23.8 Å². The number of thiophene rings is 1. The predicted octanol–water partition coefficient (Wildman–Crippen LogP) is 3.74. The molecular formula is C18H18N4O3S. The van der Waals surface area contributed by atoms with Gasteiger partial charge in [-0.2, -0.15) is 11.3 Å². The van der Waals surface area contributed by atoms with Crippen molar-refractivity contribution in [1.29, 1.82) is 0 Å². The summed E-state index contributed by atoms with van der Waals surface area (Å²) in [6, 6.07) is 9.86. The summed E-state index contributed by atoms with van der Waals surface area (Å²) in [7, 11) is 0. The summed E-state index contributed by atoms with van der Waals surface area (Å²) in [6.07, 6.45) is 0. The van der Waals surface area contributed by atoms with Crippen LogP contribution in [0.2, 0.25) is 0 Å². The van der Waals surface area contributed by atoms with Gasteiger partial charge in [-0.15, -0.1) is 0 Å². The summed E-state index contributed by atoms with van der Waals surface area (Å²) in [4.78, 5) is 19.3. The molecule has 0 radical (unpaired) electrons. The van der Waals surface area contributed by atoms with Gasteiger partial charge < -0.3 is 10.4 Å². The van der Waals surface area contributed by atoms with E-state index in [-0.39, 0.29) is 12.2 Å². The van der Waals surface area contributed by atoms with E-state index in [1.54, 1.807) is 25.1 Å². The fourth-order valence-electron chi connectivity index (χ4n) is 2.48. The molecule has 0 aliphatic rings. The Hall–Kier alpha value is -2.84. The Bertz CT molecular complexity index is 926. The Kier molecular flexibility index (Phi) is 4.97. The van der Waals surface area contributed by atoms with Crippen molar-refractivity contribution in [3.8, 4) is 11.4 Å². The lowest BCUT2D eigenvalue weighted by atomic mass is 9.99. The minimum atomic E-state index is -1.04. The molecule has 3 aromatic rings. The van der Waals surface area contributed by atoms with Gasteiger partial charge in [0.05, 0.1) is 4.92 Å². The van der Waals surface area contributed by atoms with Gasteiger partial charge in [-0.1, -0.05) is 12.1 Å². The van der Waals surface area contributed by atoms with Gasteiger partial charge in [0, 0.05) is 36.0 Å². The highest BCUT2D eigenvalue weighted by Crippen LogP contribution is 2.25. The lowest BCUT2D eigenvalue weighted by Gasteiger charge is -2.23. The fourth-order valence-corrected chi connectivity index (χ4v) is 3.27. The highest BCUT2D eigenvalue weighted by atomic mass is 32.1. The van der Waals surface area contributed by atoms with E-state index >= 15 is 0 Å². The third-order valence-electron chi connectivity index (χ3n) is 3.93. The zero-order chi connectivity index (χ0) is 18.7. The number of aryl methyl sites for hydroxylation is 1. The molecule has 26 heavy (non-hydrogen) atoms. The SMILES string of the molecule is Cc1cc(NCC(C)(O)c2ccsc2)nc(-c2cccc([N+](=O)[O-])c2)n1. The normalized spacial score (nSPS) is 13.2. The Labute approximate surface area is 154 Å². The van der Waals surface area contributed by atoms with Crippen LogP contribution in [0, 0.1) is 17.0 Å². The molecule has 0 spiro atoms. The monoisotopic (exact) mass is 370 g/mol. The number of nitro groups is 1. The lowest BCUT2D eigenvalue weighted by molar-refractivity contribution is -0.384. The molecule has 0 fully saturated rings. The van der Waals surface area contributed by atoms with E-state index in [0.717, 1.165) is 11.3 Å². The van der Waals surface area contributed by atoms with E-state index in [1.165, 1.54) is 23.5 Å². The first kappa shape index (κ1) is 18.0. The first-order chi connectivity index (χ1) is 12.3. The maximum absolute atomic E-state index is 11.0. The zero-order valence-corrected chi connectivity index (χ0v) is 15.2. The van der Waals surface area contributed by atoms with Crippen LogP contribution in [0.3, 0.4) is 0 Å². The molecule has 2 aromatic heterocycles. The van der Waals surface area contributed by atoms with Crippen LogP contribution in [-0.4, -0.2) is 26.5 Å². The van der Waals surface area contributed by atoms with Crippen LogP contribution < -0.4 is 5.32 Å². The van der Waals surface area contributed by atoms with Crippen molar-refractivity contribution in [3.05, 3.63) is 68.5 Å². The summed E-state index contributed by atoms with van der Waals surface area (Å²) < 4.78 is 0. The van der Waals surface area contributed by atoms with Crippen LogP contribution in [0.4, 0.5) is 11.5 Å². The van der Waals surface area contributed by atoms with Crippen molar-refractivity contribution < 1.29 is 10.0 Å². The highest BCUT2D eigenvalue weighted by Gasteiger charge is 2.23. The zero-order valence-electron chi connectivity index (χ0n) is 14.3. The molecule has 1 unspecified atom stereocenters. The molecule has 0 bridgehead atoms. The number of aromatic nitrogens is 2. The number of benzene rings is 1. The Morgan fingerprint density at radius 3 is 2.81 bits per heavy atom. The summed E-state index contributed by atoms with van der Waals surface area (Å²) in [5.41, 5.74) is 1.07. The molecule has 2 heterocycles. The number of anilines is 1. The topological polar surface area (TPSA) is 101 Å². The van der Waals surface area contributed by atoms with Gasteiger partial charge >= 0.3 is 0 Å². The van der Waals surface area contributed by atoms with Crippen molar-refractivity contribution >= 4 is 22.8 Å². The van der Waals surface area contributed by atoms with Crippen LogP contribution in [-0.2, 0) is 5.60 Å². The number of nitrogens with zero attached hydrogens (tertiary/aromatic N) is 3. The number of hydrogen-bond donors (Lipinski definition) is 2. The number of aliphatic hydroxyl groups is 1. The minimum absolute atomic E-state index is 0.0116. The number of nitro benzene ring substituents is 1. The predicted molar refractivity (Wildman–Crippen MR) is 101 cm³/mol. The molecule has 0 saturated heterocycles. The summed E-state index contributed by atoms with van der Waals surface area (Å²) >= 11 is 1.53. The standard InChI is InChI=1S/C18H18N4O3S/c1-12-8-16(19-11-18(2,23)14-6-7-26-10-14)21-17(20-12)13-4-3-5-15(9-13)22(24)25/h3-10,23H,11H2,1-2H3,(H,19,20,21). The molecule has 1 aromatic carbocycles. The largest absolute Gasteiger partial charge is 0.384 e. The van der Waals surface area contributed by atoms with Gasteiger partial charge in [0.1, 0.15) is 11.4 Å². The van der Waals surface area contributed by atoms with Crippen molar-refractivity contribution in [2.24, 2.45) is 0 Å². The van der Waals surface area contributed by atoms with Gasteiger partial charge in [-0.25, -0.2) is 9.97 Å². The van der Waals surface area contributed by atoms with Crippen molar-refractivity contribution in [2.75, 3.05) is 11.9 Å². The molecule has 134 valence electrons. The van der Waals surface area contributed by atoms with Crippen LogP contribution in [0.25, 0.3) is 11.4 Å². The smallest absolute Gasteiger partial charge is 0.270 e. The number of rotatable bonds is 6. The summed E-state index contributed by atoms with van der Waals surface area (Å²) in [6.45, 7) is 3.83. The molecule has 0 amide bonds. The molecule has 1 atom stereocenters. The molecule has 0 aliphatic heterocycles. The van der Waals surface area contributed by atoms with Crippen LogP contribution >= 0.6 is 11.3 Å². The molecule has 0 saturated carbocycles. The molecular weight excluding hydrogens is 352 g/mol. The highest BCUT2D eigenvalue weighted by molar-refractivity contribution is 7.08. The number of non-ortho nitro benzene ring substituents is 1.